The quantitative estimate of drug-likeness (QED) is 0.400. The van der Waals surface area contributed by atoms with Gasteiger partial charge in [0.1, 0.15) is 12.2 Å². The van der Waals surface area contributed by atoms with Gasteiger partial charge in [-0.1, -0.05) is 20.4 Å². The number of hydrogen-bond acceptors (Lipinski definition) is 5. The first-order valence-electron chi connectivity index (χ1n) is 9.25. The summed E-state index contributed by atoms with van der Waals surface area (Å²) < 4.78 is 16.2. The predicted octanol–water partition coefficient (Wildman–Crippen LogP) is 3.41. The molecular formula is C20H30O5. The summed E-state index contributed by atoms with van der Waals surface area (Å²) in [5.74, 6) is -0.0143. The monoisotopic (exact) mass is 350 g/mol. The number of rotatable bonds is 7. The van der Waals surface area contributed by atoms with Crippen molar-refractivity contribution in [1.29, 1.82) is 0 Å². The van der Waals surface area contributed by atoms with Gasteiger partial charge in [-0.3, -0.25) is 4.79 Å². The molecular weight excluding hydrogens is 320 g/mol. The average molecular weight is 350 g/mol. The van der Waals surface area contributed by atoms with Gasteiger partial charge in [-0.15, -0.1) is 0 Å². The van der Waals surface area contributed by atoms with Gasteiger partial charge in [0, 0.05) is 6.92 Å². The lowest BCUT2D eigenvalue weighted by Crippen LogP contribution is -2.60. The highest BCUT2D eigenvalue weighted by Crippen LogP contribution is 2.67. The maximum Gasteiger partial charge on any atom is 0.336 e. The molecule has 2 atom stereocenters. The van der Waals surface area contributed by atoms with E-state index < -0.39 is 0 Å². The van der Waals surface area contributed by atoms with Crippen molar-refractivity contribution in [3.8, 4) is 0 Å². The van der Waals surface area contributed by atoms with Crippen LogP contribution in [0.15, 0.2) is 12.2 Å². The van der Waals surface area contributed by atoms with E-state index in [1.807, 2.05) is 0 Å². The third-order valence-corrected chi connectivity index (χ3v) is 5.98. The second kappa shape index (κ2) is 6.42. The van der Waals surface area contributed by atoms with Gasteiger partial charge in [-0.05, 0) is 55.3 Å². The van der Waals surface area contributed by atoms with E-state index in [2.05, 4.69) is 20.4 Å². The molecule has 4 bridgehead atoms. The molecule has 0 N–H and O–H groups in total. The molecule has 0 aromatic rings. The van der Waals surface area contributed by atoms with Crippen LogP contribution in [0.25, 0.3) is 0 Å². The van der Waals surface area contributed by atoms with E-state index in [9.17, 15) is 9.59 Å². The first-order chi connectivity index (χ1) is 11.6. The van der Waals surface area contributed by atoms with Gasteiger partial charge in [0.15, 0.2) is 0 Å². The summed E-state index contributed by atoms with van der Waals surface area (Å²) in [6.07, 6.45) is 6.71. The van der Waals surface area contributed by atoms with Crippen LogP contribution in [0.4, 0.5) is 0 Å². The predicted molar refractivity (Wildman–Crippen MR) is 92.8 cm³/mol. The van der Waals surface area contributed by atoms with Crippen molar-refractivity contribution in [1.82, 2.24) is 0 Å². The van der Waals surface area contributed by atoms with Crippen LogP contribution in [-0.2, 0) is 23.8 Å². The lowest BCUT2D eigenvalue weighted by molar-refractivity contribution is -0.213. The van der Waals surface area contributed by atoms with Crippen LogP contribution in [0.5, 0.6) is 0 Å². The molecule has 0 aromatic heterocycles. The van der Waals surface area contributed by atoms with E-state index in [1.54, 1.807) is 0 Å². The van der Waals surface area contributed by atoms with Gasteiger partial charge in [0.05, 0.1) is 18.8 Å². The Labute approximate surface area is 150 Å². The molecule has 0 aromatic carbocycles. The Hall–Kier alpha value is -1.36. The summed E-state index contributed by atoms with van der Waals surface area (Å²) in [5.41, 5.74) is 0.613. The molecule has 0 spiro atoms. The molecule has 2 unspecified atom stereocenters. The van der Waals surface area contributed by atoms with E-state index in [1.165, 1.54) is 26.2 Å². The minimum atomic E-state index is -0.346. The largest absolute Gasteiger partial charge is 0.463 e. The van der Waals surface area contributed by atoms with Crippen molar-refractivity contribution in [3.05, 3.63) is 12.2 Å². The molecule has 0 saturated heterocycles. The zero-order valence-corrected chi connectivity index (χ0v) is 15.7. The molecule has 4 rings (SSSR count). The van der Waals surface area contributed by atoms with Gasteiger partial charge in [-0.25, -0.2) is 4.79 Å². The summed E-state index contributed by atoms with van der Waals surface area (Å²) in [7, 11) is 0. The van der Waals surface area contributed by atoms with Crippen LogP contribution in [0.3, 0.4) is 0 Å². The van der Waals surface area contributed by atoms with Crippen LogP contribution in [0, 0.1) is 16.7 Å². The Morgan fingerprint density at radius 1 is 1.04 bits per heavy atom. The topological polar surface area (TPSA) is 61.8 Å². The molecule has 0 amide bonds. The third kappa shape index (κ3) is 4.08. The van der Waals surface area contributed by atoms with Gasteiger partial charge in [0.25, 0.3) is 0 Å². The zero-order valence-electron chi connectivity index (χ0n) is 15.7. The Morgan fingerprint density at radius 2 is 1.68 bits per heavy atom. The van der Waals surface area contributed by atoms with Crippen LogP contribution in [-0.4, -0.2) is 37.4 Å². The van der Waals surface area contributed by atoms with Crippen molar-refractivity contribution in [2.24, 2.45) is 16.7 Å². The van der Waals surface area contributed by atoms with Gasteiger partial charge >= 0.3 is 11.9 Å². The van der Waals surface area contributed by atoms with Gasteiger partial charge < -0.3 is 14.2 Å². The van der Waals surface area contributed by atoms with Crippen molar-refractivity contribution >= 4 is 11.9 Å². The highest BCUT2D eigenvalue weighted by molar-refractivity contribution is 5.88. The minimum Gasteiger partial charge on any atom is -0.463 e. The molecule has 4 fully saturated rings. The molecule has 5 heteroatoms. The number of esters is 2. The van der Waals surface area contributed by atoms with Gasteiger partial charge in [-0.2, -0.15) is 0 Å². The Bertz CT molecular complexity index is 563. The number of carbonyl (C=O) groups excluding carboxylic acids is 2. The fourth-order valence-electron chi connectivity index (χ4n) is 6.22. The summed E-state index contributed by atoms with van der Waals surface area (Å²) in [4.78, 5) is 23.2. The van der Waals surface area contributed by atoms with E-state index in [-0.39, 0.29) is 37.4 Å². The summed E-state index contributed by atoms with van der Waals surface area (Å²) in [6, 6.07) is 0. The minimum absolute atomic E-state index is 0.105. The average Bonchev–Trinajstić information content (AvgIpc) is 2.41. The lowest BCUT2D eigenvalue weighted by atomic mass is 9.43. The SMILES string of the molecule is C=C(COCCOC(C)=O)C(=O)OC12CC3CC(C)(CC(C)(C3)C1)C2. The fraction of sp³-hybridized carbons (Fsp3) is 0.800. The van der Waals surface area contributed by atoms with E-state index in [4.69, 9.17) is 14.2 Å². The molecule has 0 aliphatic heterocycles. The standard InChI is InChI=1S/C20H30O5/c1-14(10-23-5-6-24-15(2)21)17(22)25-20-9-16-7-18(3,12-20)11-19(4,8-16)13-20/h16H,1,5-13H2,2-4H3. The normalized spacial score (nSPS) is 38.4. The molecule has 0 radical (unpaired) electrons. The highest BCUT2D eigenvalue weighted by atomic mass is 16.6. The summed E-state index contributed by atoms with van der Waals surface area (Å²) in [5, 5.41) is 0. The molecule has 5 nitrogen and oxygen atoms in total. The number of ether oxygens (including phenoxy) is 3. The maximum absolute atomic E-state index is 12.5. The Balaban J connectivity index is 1.52. The first-order valence-corrected chi connectivity index (χ1v) is 9.25. The maximum atomic E-state index is 12.5. The van der Waals surface area contributed by atoms with Crippen LogP contribution < -0.4 is 0 Å². The van der Waals surface area contributed by atoms with Crippen LogP contribution >= 0.6 is 0 Å². The van der Waals surface area contributed by atoms with Crippen molar-refractivity contribution in [3.63, 3.8) is 0 Å². The zero-order chi connectivity index (χ0) is 18.3. The Morgan fingerprint density at radius 3 is 2.24 bits per heavy atom. The van der Waals surface area contributed by atoms with E-state index in [0.717, 1.165) is 19.3 Å². The molecule has 4 saturated carbocycles. The Kier molecular flexibility index (Phi) is 4.73. The van der Waals surface area contributed by atoms with Crippen LogP contribution in [0.2, 0.25) is 0 Å². The number of hydrogen-bond donors (Lipinski definition) is 0. The molecule has 140 valence electrons. The summed E-state index contributed by atoms with van der Waals surface area (Å²) >= 11 is 0. The van der Waals surface area contributed by atoms with Crippen molar-refractivity contribution in [2.75, 3.05) is 19.8 Å². The molecule has 0 heterocycles. The van der Waals surface area contributed by atoms with Crippen molar-refractivity contribution in [2.45, 2.75) is 64.9 Å². The molecule has 4 aliphatic carbocycles. The van der Waals surface area contributed by atoms with Gasteiger partial charge in [0.2, 0.25) is 0 Å². The first kappa shape index (κ1) is 18.4. The second-order valence-corrected chi connectivity index (χ2v) is 9.20. The lowest BCUT2D eigenvalue weighted by Gasteiger charge is -2.64. The fourth-order valence-corrected chi connectivity index (χ4v) is 6.22. The van der Waals surface area contributed by atoms with E-state index in [0.29, 0.717) is 22.3 Å². The van der Waals surface area contributed by atoms with E-state index >= 15 is 0 Å². The highest BCUT2D eigenvalue weighted by Gasteiger charge is 2.61. The number of carbonyl (C=O) groups is 2. The second-order valence-electron chi connectivity index (χ2n) is 9.20. The van der Waals surface area contributed by atoms with Crippen molar-refractivity contribution < 1.29 is 23.8 Å². The molecule has 4 aliphatic rings. The van der Waals surface area contributed by atoms with Crippen LogP contribution in [0.1, 0.15) is 59.3 Å². The molecule has 25 heavy (non-hydrogen) atoms. The summed E-state index contributed by atoms with van der Waals surface area (Å²) in [6.45, 7) is 10.4. The third-order valence-electron chi connectivity index (χ3n) is 5.98. The smallest absolute Gasteiger partial charge is 0.336 e.